The molecule has 140 valence electrons. The predicted octanol–water partition coefficient (Wildman–Crippen LogP) is 3.22. The highest BCUT2D eigenvalue weighted by molar-refractivity contribution is 5.77. The van der Waals surface area contributed by atoms with Gasteiger partial charge in [-0.05, 0) is 31.7 Å². The molecule has 27 heavy (non-hydrogen) atoms. The van der Waals surface area contributed by atoms with Crippen molar-refractivity contribution in [2.45, 2.75) is 44.8 Å². The number of aryl methyl sites for hydroxylation is 1. The van der Waals surface area contributed by atoms with Gasteiger partial charge in [-0.15, -0.1) is 0 Å². The van der Waals surface area contributed by atoms with Crippen LogP contribution in [0.3, 0.4) is 0 Å². The van der Waals surface area contributed by atoms with Crippen LogP contribution in [0.2, 0.25) is 0 Å². The fourth-order valence-corrected chi connectivity index (χ4v) is 3.86. The molecule has 3 aromatic rings. The van der Waals surface area contributed by atoms with Gasteiger partial charge in [0, 0.05) is 49.5 Å². The van der Waals surface area contributed by atoms with Crippen LogP contribution in [-0.2, 0) is 17.9 Å². The molecule has 1 aromatic carbocycles. The molecule has 1 aliphatic rings. The van der Waals surface area contributed by atoms with Crippen LogP contribution in [-0.4, -0.2) is 42.7 Å². The number of imidazole rings is 1. The molecule has 6 heteroatoms. The van der Waals surface area contributed by atoms with E-state index in [0.29, 0.717) is 12.6 Å². The van der Waals surface area contributed by atoms with Crippen molar-refractivity contribution in [3.8, 4) is 11.4 Å². The molecule has 3 heterocycles. The van der Waals surface area contributed by atoms with Crippen LogP contribution in [0.15, 0.2) is 61.2 Å². The smallest absolute Gasteiger partial charge is 0.242 e. The van der Waals surface area contributed by atoms with Gasteiger partial charge in [0.2, 0.25) is 5.91 Å². The first-order valence-electron chi connectivity index (χ1n) is 9.65. The summed E-state index contributed by atoms with van der Waals surface area (Å²) in [6.45, 7) is 2.03. The van der Waals surface area contributed by atoms with Crippen molar-refractivity contribution in [2.24, 2.45) is 0 Å². The van der Waals surface area contributed by atoms with Crippen LogP contribution < -0.4 is 0 Å². The van der Waals surface area contributed by atoms with E-state index in [1.807, 2.05) is 58.0 Å². The summed E-state index contributed by atoms with van der Waals surface area (Å²) in [6, 6.07) is 12.2. The van der Waals surface area contributed by atoms with Gasteiger partial charge in [-0.1, -0.05) is 30.3 Å². The van der Waals surface area contributed by atoms with Crippen molar-refractivity contribution in [1.29, 1.82) is 0 Å². The Balaban J connectivity index is 1.44. The largest absolute Gasteiger partial charge is 0.338 e. The SMILES string of the molecule is O=C(Cn1ccnc1-c1ccccc1)N1CCCC[C@H]1CCn1cccn1. The molecule has 0 radical (unpaired) electrons. The van der Waals surface area contributed by atoms with E-state index < -0.39 is 0 Å². The number of piperidine rings is 1. The number of aromatic nitrogens is 4. The number of carbonyl (C=O) groups is 1. The van der Waals surface area contributed by atoms with Gasteiger partial charge in [-0.2, -0.15) is 5.10 Å². The van der Waals surface area contributed by atoms with Crippen LogP contribution in [0.5, 0.6) is 0 Å². The van der Waals surface area contributed by atoms with Gasteiger partial charge in [0.05, 0.1) is 0 Å². The minimum Gasteiger partial charge on any atom is -0.338 e. The Kier molecular flexibility index (Phi) is 5.32. The molecule has 0 aliphatic carbocycles. The highest BCUT2D eigenvalue weighted by Crippen LogP contribution is 2.22. The second-order valence-corrected chi connectivity index (χ2v) is 7.04. The van der Waals surface area contributed by atoms with E-state index in [4.69, 9.17) is 0 Å². The van der Waals surface area contributed by atoms with Crippen LogP contribution in [0, 0.1) is 0 Å². The number of benzene rings is 1. The quantitative estimate of drug-likeness (QED) is 0.676. The summed E-state index contributed by atoms with van der Waals surface area (Å²) >= 11 is 0. The number of amides is 1. The first-order chi connectivity index (χ1) is 13.3. The molecule has 1 saturated heterocycles. The van der Waals surface area contributed by atoms with E-state index in [1.54, 1.807) is 12.4 Å². The van der Waals surface area contributed by atoms with E-state index in [2.05, 4.69) is 15.0 Å². The maximum absolute atomic E-state index is 13.1. The molecule has 1 aliphatic heterocycles. The van der Waals surface area contributed by atoms with E-state index in [0.717, 1.165) is 43.7 Å². The molecule has 0 saturated carbocycles. The topological polar surface area (TPSA) is 56.0 Å². The molecular formula is C21H25N5O. The summed E-state index contributed by atoms with van der Waals surface area (Å²) in [5.41, 5.74) is 1.03. The number of nitrogens with zero attached hydrogens (tertiary/aromatic N) is 5. The van der Waals surface area contributed by atoms with E-state index in [9.17, 15) is 4.79 Å². The van der Waals surface area contributed by atoms with E-state index in [-0.39, 0.29) is 5.91 Å². The monoisotopic (exact) mass is 363 g/mol. The van der Waals surface area contributed by atoms with Crippen molar-refractivity contribution in [3.05, 3.63) is 61.2 Å². The fourth-order valence-electron chi connectivity index (χ4n) is 3.86. The molecule has 4 rings (SSSR count). The predicted molar refractivity (Wildman–Crippen MR) is 104 cm³/mol. The van der Waals surface area contributed by atoms with E-state index >= 15 is 0 Å². The number of hydrogen-bond acceptors (Lipinski definition) is 3. The second kappa shape index (κ2) is 8.20. The lowest BCUT2D eigenvalue weighted by atomic mass is 9.99. The first kappa shape index (κ1) is 17.5. The average molecular weight is 363 g/mol. The van der Waals surface area contributed by atoms with Crippen molar-refractivity contribution in [1.82, 2.24) is 24.2 Å². The molecule has 0 spiro atoms. The normalized spacial score (nSPS) is 17.2. The Hall–Kier alpha value is -2.89. The summed E-state index contributed by atoms with van der Waals surface area (Å²) < 4.78 is 3.90. The lowest BCUT2D eigenvalue weighted by Gasteiger charge is -2.36. The van der Waals surface area contributed by atoms with Gasteiger partial charge in [-0.25, -0.2) is 4.98 Å². The third-order valence-corrected chi connectivity index (χ3v) is 5.25. The molecule has 1 amide bonds. The summed E-state index contributed by atoms with van der Waals surface area (Å²) in [7, 11) is 0. The zero-order valence-corrected chi connectivity index (χ0v) is 15.4. The Morgan fingerprint density at radius 3 is 2.78 bits per heavy atom. The molecule has 0 unspecified atom stereocenters. The van der Waals surface area contributed by atoms with Crippen molar-refractivity contribution >= 4 is 5.91 Å². The molecular weight excluding hydrogens is 338 g/mol. The van der Waals surface area contributed by atoms with Crippen molar-refractivity contribution in [3.63, 3.8) is 0 Å². The van der Waals surface area contributed by atoms with Gasteiger partial charge in [0.15, 0.2) is 0 Å². The van der Waals surface area contributed by atoms with Crippen LogP contribution in [0.25, 0.3) is 11.4 Å². The molecule has 1 atom stereocenters. The molecule has 6 nitrogen and oxygen atoms in total. The maximum atomic E-state index is 13.1. The molecule has 2 aromatic heterocycles. The standard InChI is InChI=1S/C21H25N5O/c27-20(17-24-16-12-22-21(24)18-7-2-1-3-8-18)26-14-5-4-9-19(26)10-15-25-13-6-11-23-25/h1-3,6-8,11-13,16,19H,4-5,9-10,14-15,17H2/t19-/m0/s1. The minimum absolute atomic E-state index is 0.176. The lowest BCUT2D eigenvalue weighted by molar-refractivity contribution is -0.135. The number of likely N-dealkylation sites (tertiary alicyclic amines) is 1. The van der Waals surface area contributed by atoms with Gasteiger partial charge in [0.1, 0.15) is 12.4 Å². The maximum Gasteiger partial charge on any atom is 0.242 e. The third kappa shape index (κ3) is 4.10. The van der Waals surface area contributed by atoms with Gasteiger partial charge in [0.25, 0.3) is 0 Å². The minimum atomic E-state index is 0.176. The zero-order valence-electron chi connectivity index (χ0n) is 15.4. The van der Waals surface area contributed by atoms with Crippen molar-refractivity contribution in [2.75, 3.05) is 6.54 Å². The van der Waals surface area contributed by atoms with Crippen LogP contribution in [0.1, 0.15) is 25.7 Å². The number of carbonyl (C=O) groups excluding carboxylic acids is 1. The molecule has 0 N–H and O–H groups in total. The van der Waals surface area contributed by atoms with Crippen molar-refractivity contribution < 1.29 is 4.79 Å². The van der Waals surface area contributed by atoms with Gasteiger partial charge in [-0.3, -0.25) is 9.48 Å². The van der Waals surface area contributed by atoms with Gasteiger partial charge >= 0.3 is 0 Å². The highest BCUT2D eigenvalue weighted by Gasteiger charge is 2.27. The van der Waals surface area contributed by atoms with Gasteiger partial charge < -0.3 is 9.47 Å². The summed E-state index contributed by atoms with van der Waals surface area (Å²) in [6.07, 6.45) is 11.7. The lowest BCUT2D eigenvalue weighted by Crippen LogP contribution is -2.45. The third-order valence-electron chi connectivity index (χ3n) is 5.25. The van der Waals surface area contributed by atoms with Crippen LogP contribution >= 0.6 is 0 Å². The Labute approximate surface area is 159 Å². The zero-order chi connectivity index (χ0) is 18.5. The fraction of sp³-hybridized carbons (Fsp3) is 0.381. The average Bonchev–Trinajstić information content (AvgIpc) is 3.39. The Morgan fingerprint density at radius 2 is 1.96 bits per heavy atom. The summed E-state index contributed by atoms with van der Waals surface area (Å²) in [5, 5.41) is 4.28. The van der Waals surface area contributed by atoms with Crippen LogP contribution in [0.4, 0.5) is 0 Å². The van der Waals surface area contributed by atoms with E-state index in [1.165, 1.54) is 6.42 Å². The Bertz CT molecular complexity index is 856. The molecule has 0 bridgehead atoms. The molecule has 1 fully saturated rings. The number of rotatable bonds is 6. The summed E-state index contributed by atoms with van der Waals surface area (Å²) in [5.74, 6) is 1.02. The number of hydrogen-bond donors (Lipinski definition) is 0. The summed E-state index contributed by atoms with van der Waals surface area (Å²) in [4.78, 5) is 19.6. The first-order valence-corrected chi connectivity index (χ1v) is 9.65. The second-order valence-electron chi connectivity index (χ2n) is 7.04. The highest BCUT2D eigenvalue weighted by atomic mass is 16.2. The Morgan fingerprint density at radius 1 is 1.07 bits per heavy atom.